The van der Waals surface area contributed by atoms with E-state index in [0.29, 0.717) is 0 Å². The van der Waals surface area contributed by atoms with E-state index in [4.69, 9.17) is 0 Å². The third-order valence-corrected chi connectivity index (χ3v) is 17.4. The minimum atomic E-state index is -0.908. The molecule has 2 atom stereocenters. The number of rotatable bonds is 66. The topological polar surface area (TPSA) is 86.7 Å². The van der Waals surface area contributed by atoms with Gasteiger partial charge in [0.15, 0.2) is 0 Å². The number of aliphatic carboxylic acids is 2. The average Bonchev–Trinajstić information content (AvgIpc) is 3.42. The molecule has 79 heavy (non-hydrogen) atoms. The number of carbonyl (C=O) groups excluding carboxylic acids is 2. The third-order valence-electron chi connectivity index (χ3n) is 17.4. The van der Waals surface area contributed by atoms with E-state index in [1.54, 1.807) is 0 Å². The van der Waals surface area contributed by atoms with Crippen molar-refractivity contribution < 1.29 is 19.8 Å². The first-order valence-electron chi connectivity index (χ1n) is 36.1. The van der Waals surface area contributed by atoms with Crippen LogP contribution in [-0.4, -0.2) is 97.7 Å². The van der Waals surface area contributed by atoms with Crippen LogP contribution < -0.4 is 10.2 Å². The fourth-order valence-electron chi connectivity index (χ4n) is 11.9. The molecule has 0 rings (SSSR count). The van der Waals surface area contributed by atoms with Crippen LogP contribution in [-0.2, 0) is 9.59 Å². The molecule has 0 saturated heterocycles. The molecule has 6 nitrogen and oxygen atoms in total. The van der Waals surface area contributed by atoms with Crippen LogP contribution in [0.3, 0.4) is 0 Å². The molecule has 0 fully saturated rings. The monoisotopic (exact) mass is 1140 g/mol. The van der Waals surface area contributed by atoms with E-state index in [2.05, 4.69) is 51.3 Å². The summed E-state index contributed by atoms with van der Waals surface area (Å²) >= 11 is 0. The van der Waals surface area contributed by atoms with Gasteiger partial charge in [-0.3, -0.25) is 0 Å². The summed E-state index contributed by atoms with van der Waals surface area (Å²) in [5.41, 5.74) is 0. The van der Waals surface area contributed by atoms with Gasteiger partial charge in [0.1, 0.15) is 0 Å². The van der Waals surface area contributed by atoms with E-state index in [9.17, 15) is 19.8 Å². The van der Waals surface area contributed by atoms with E-state index in [1.165, 1.54) is 360 Å². The Bertz CT molecular complexity index is 991. The third kappa shape index (κ3) is 70.5. The van der Waals surface area contributed by atoms with Crippen molar-refractivity contribution in [3.05, 3.63) is 0 Å². The predicted octanol–water partition coefficient (Wildman–Crippen LogP) is 21.2. The number of nitrogens with zero attached hydrogens (tertiary/aromatic N) is 2. The van der Waals surface area contributed by atoms with Crippen LogP contribution in [0.1, 0.15) is 414 Å². The van der Waals surface area contributed by atoms with Crippen molar-refractivity contribution in [2.75, 3.05) is 26.2 Å². The first-order chi connectivity index (χ1) is 38.2. The van der Waals surface area contributed by atoms with Crippen LogP contribution in [0.2, 0.25) is 0 Å². The minimum absolute atomic E-state index is 0. The second kappa shape index (κ2) is 72.4. The number of unbranched alkanes of at least 4 members (excludes halogenated alkanes) is 52. The molecule has 0 heterocycles. The molecule has 0 radical (unpaired) electrons. The number of hydrogen-bond donors (Lipinski definition) is 0. The van der Waals surface area contributed by atoms with Gasteiger partial charge >= 0.3 is 37.7 Å². The van der Waals surface area contributed by atoms with Crippen LogP contribution in [0.25, 0.3) is 0 Å². The molecule has 0 aliphatic carbocycles. The van der Waals surface area contributed by atoms with Crippen molar-refractivity contribution in [3.8, 4) is 0 Å². The van der Waals surface area contributed by atoms with E-state index >= 15 is 0 Å². The Kier molecular flexibility index (Phi) is 76.3. The quantitative estimate of drug-likeness (QED) is 0.0445. The van der Waals surface area contributed by atoms with E-state index in [-0.39, 0.29) is 62.7 Å². The molecule has 0 aromatic heterocycles. The van der Waals surface area contributed by atoms with Crippen LogP contribution in [0.15, 0.2) is 0 Å². The van der Waals surface area contributed by atoms with Crippen molar-refractivity contribution in [2.24, 2.45) is 0 Å². The summed E-state index contributed by atoms with van der Waals surface area (Å²) in [5.74, 6) is -1.82. The zero-order chi connectivity index (χ0) is 57.3. The summed E-state index contributed by atoms with van der Waals surface area (Å²) < 4.78 is 0. The zero-order valence-corrected chi connectivity index (χ0v) is 57.4. The molecule has 0 amide bonds. The zero-order valence-electron chi connectivity index (χ0n) is 55.2. The van der Waals surface area contributed by atoms with Crippen molar-refractivity contribution >= 4 is 49.7 Å². The second-order valence-electron chi connectivity index (χ2n) is 25.3. The van der Waals surface area contributed by atoms with Crippen molar-refractivity contribution in [1.29, 1.82) is 0 Å². The van der Waals surface area contributed by atoms with Gasteiger partial charge in [-0.25, -0.2) is 0 Å². The van der Waals surface area contributed by atoms with Gasteiger partial charge in [-0.1, -0.05) is 362 Å². The van der Waals surface area contributed by atoms with Gasteiger partial charge < -0.3 is 29.6 Å². The van der Waals surface area contributed by atoms with Crippen LogP contribution in [0.5, 0.6) is 0 Å². The van der Waals surface area contributed by atoms with Gasteiger partial charge in [0.25, 0.3) is 0 Å². The Morgan fingerprint density at radius 2 is 0.354 bits per heavy atom. The fourth-order valence-corrected chi connectivity index (χ4v) is 11.9. The van der Waals surface area contributed by atoms with Gasteiger partial charge in [0.05, 0.1) is 0 Å². The first-order valence-corrected chi connectivity index (χ1v) is 36.1. The van der Waals surface area contributed by atoms with Gasteiger partial charge in [-0.2, -0.15) is 0 Å². The fraction of sp³-hybridized carbons (Fsp3) is 0.972. The Balaban J connectivity index is -0.00000144. The van der Waals surface area contributed by atoms with Crippen LogP contribution in [0.4, 0.5) is 0 Å². The number of carboxylic acids is 2. The number of carbonyl (C=O) groups is 2. The Hall–Kier alpha value is 0.120. The molecule has 2 unspecified atom stereocenters. The van der Waals surface area contributed by atoms with Crippen LogP contribution in [0, 0.1) is 0 Å². The Labute approximate surface area is 527 Å². The van der Waals surface area contributed by atoms with E-state index in [0.717, 1.165) is 26.2 Å². The van der Waals surface area contributed by atoms with Gasteiger partial charge in [-0.15, -0.1) is 0 Å². The summed E-state index contributed by atoms with van der Waals surface area (Å²) in [6, 6.07) is 0.192. The standard InChI is InChI=1S/2C36H73NO2.Ca/c2*1-4-6-8-10-12-14-16-18-20-22-24-26-28-30-32-37(35(3)34-36(38)39)33-31-29-27-25-23-21-19-17-15-13-11-9-7-5-2;/h2*35H,4-34H2,1-3H3,(H,38,39);/q;;+2/p-2. The SMILES string of the molecule is CCCCCCCCCCCCCCCCN(CCCCCCCCCCCCCCCC)C(C)CC(=O)[O-].CCCCCCCCCCCCCCCCN(CCCCCCCCCCCCCCCC)C(C)CC(=O)[O-].[Ca+2]. The van der Waals surface area contributed by atoms with Crippen LogP contribution >= 0.6 is 0 Å². The molecule has 0 N–H and O–H groups in total. The molecule has 7 heteroatoms. The maximum Gasteiger partial charge on any atom is 2.00 e. The van der Waals surface area contributed by atoms with Gasteiger partial charge in [-0.05, 0) is 65.7 Å². The summed E-state index contributed by atoms with van der Waals surface area (Å²) in [4.78, 5) is 27.2. The second-order valence-corrected chi connectivity index (χ2v) is 25.3. The molecule has 0 saturated carbocycles. The summed E-state index contributed by atoms with van der Waals surface area (Å²) in [7, 11) is 0. The average molecular weight is 1140 g/mol. The predicted molar refractivity (Wildman–Crippen MR) is 348 cm³/mol. The number of carboxylic acid groups (broad SMARTS) is 2. The maximum absolute atomic E-state index is 11.2. The minimum Gasteiger partial charge on any atom is -0.550 e. The molecule has 0 aliphatic rings. The summed E-state index contributed by atoms with van der Waals surface area (Å²) in [5, 5.41) is 22.4. The summed E-state index contributed by atoms with van der Waals surface area (Å²) in [6.07, 6.45) is 77.6. The molecule has 0 aromatic carbocycles. The van der Waals surface area contributed by atoms with E-state index < -0.39 is 11.9 Å². The molecule has 468 valence electrons. The largest absolute Gasteiger partial charge is 2.00 e. The first kappa shape index (κ1) is 83.3. The molecular weight excluding hydrogens is 997 g/mol. The Morgan fingerprint density at radius 3 is 0.468 bits per heavy atom. The van der Waals surface area contributed by atoms with Gasteiger partial charge in [0.2, 0.25) is 0 Å². The maximum atomic E-state index is 11.2. The molecule has 0 aliphatic heterocycles. The van der Waals surface area contributed by atoms with Crippen molar-refractivity contribution in [2.45, 2.75) is 426 Å². The number of hydrogen-bond acceptors (Lipinski definition) is 6. The molecule has 0 aromatic rings. The molecule has 0 spiro atoms. The Morgan fingerprint density at radius 1 is 0.241 bits per heavy atom. The van der Waals surface area contributed by atoms with Gasteiger partial charge in [0, 0.05) is 36.9 Å². The molecule has 0 bridgehead atoms. The van der Waals surface area contributed by atoms with Crippen molar-refractivity contribution in [3.63, 3.8) is 0 Å². The summed E-state index contributed by atoms with van der Waals surface area (Å²) in [6.45, 7) is 17.5. The molecular formula is C72H144CaN2O4. The van der Waals surface area contributed by atoms with E-state index in [1.807, 2.05) is 0 Å². The normalized spacial score (nSPS) is 12.3. The van der Waals surface area contributed by atoms with Crippen molar-refractivity contribution in [1.82, 2.24) is 9.80 Å². The smallest absolute Gasteiger partial charge is 0.550 e.